The molecule has 0 aliphatic heterocycles. The van der Waals surface area contributed by atoms with Gasteiger partial charge in [-0.25, -0.2) is 0 Å². The van der Waals surface area contributed by atoms with E-state index in [1.54, 1.807) is 0 Å². The summed E-state index contributed by atoms with van der Waals surface area (Å²) in [4.78, 5) is 0. The van der Waals surface area contributed by atoms with E-state index >= 15 is 0 Å². The Balaban J connectivity index is 3.37. The van der Waals surface area contributed by atoms with Crippen LogP contribution in [0.2, 0.25) is 13.1 Å². The van der Waals surface area contributed by atoms with E-state index in [0.717, 1.165) is 10.4 Å². The Labute approximate surface area is 137 Å². The Morgan fingerprint density at radius 1 is 0.636 bits per heavy atom. The van der Waals surface area contributed by atoms with Gasteiger partial charge >= 0.3 is 17.1 Å². The van der Waals surface area contributed by atoms with Crippen molar-refractivity contribution in [3.05, 3.63) is 24.3 Å². The largest absolute Gasteiger partial charge is 0.391 e. The first-order chi connectivity index (χ1) is 10.5. The molecule has 0 saturated heterocycles. The third-order valence-electron chi connectivity index (χ3n) is 3.58. The molecule has 0 unspecified atom stereocenters. The smallest absolute Gasteiger partial charge is 0.369 e. The van der Waals surface area contributed by atoms with E-state index in [-0.39, 0.29) is 0 Å². The highest BCUT2D eigenvalue weighted by atomic mass is 28.4. The second-order valence-electron chi connectivity index (χ2n) is 5.17. The molecule has 4 nitrogen and oxygen atoms in total. The maximum atomic E-state index is 6.08. The van der Waals surface area contributed by atoms with Crippen molar-refractivity contribution >= 4 is 27.5 Å². The van der Waals surface area contributed by atoms with Crippen molar-refractivity contribution in [3.63, 3.8) is 0 Å². The van der Waals surface area contributed by atoms with Crippen molar-refractivity contribution in [2.45, 2.75) is 40.8 Å². The summed E-state index contributed by atoms with van der Waals surface area (Å²) in [6.45, 7) is 14.8. The Hall–Kier alpha value is -0.506. The van der Waals surface area contributed by atoms with Gasteiger partial charge in [-0.2, -0.15) is 0 Å². The van der Waals surface area contributed by atoms with Crippen molar-refractivity contribution in [2.24, 2.45) is 0 Å². The van der Waals surface area contributed by atoms with E-state index in [4.69, 9.17) is 17.7 Å². The van der Waals surface area contributed by atoms with E-state index in [1.165, 1.54) is 0 Å². The summed E-state index contributed by atoms with van der Waals surface area (Å²) in [6.07, 6.45) is 0. The van der Waals surface area contributed by atoms with E-state index in [9.17, 15) is 0 Å². The summed E-state index contributed by atoms with van der Waals surface area (Å²) < 4.78 is 24.3. The third-order valence-corrected chi connectivity index (χ3v) is 10.0. The van der Waals surface area contributed by atoms with Gasteiger partial charge in [0.2, 0.25) is 0 Å². The highest BCUT2D eigenvalue weighted by molar-refractivity contribution is 6.90. The summed E-state index contributed by atoms with van der Waals surface area (Å²) in [5, 5.41) is 2.27. The normalized spacial score (nSPS) is 12.6. The van der Waals surface area contributed by atoms with Crippen LogP contribution >= 0.6 is 0 Å². The van der Waals surface area contributed by atoms with Crippen LogP contribution in [-0.2, 0) is 17.7 Å². The molecule has 22 heavy (non-hydrogen) atoms. The van der Waals surface area contributed by atoms with E-state index in [0.29, 0.717) is 26.4 Å². The maximum Gasteiger partial charge on any atom is 0.369 e. The van der Waals surface area contributed by atoms with Crippen molar-refractivity contribution in [1.29, 1.82) is 0 Å². The van der Waals surface area contributed by atoms with Gasteiger partial charge in [0.05, 0.1) is 0 Å². The van der Waals surface area contributed by atoms with Crippen LogP contribution in [0, 0.1) is 0 Å². The first kappa shape index (κ1) is 19.5. The third kappa shape index (κ3) is 4.50. The first-order valence-electron chi connectivity index (χ1n) is 8.13. The molecule has 0 N–H and O–H groups in total. The van der Waals surface area contributed by atoms with Crippen molar-refractivity contribution in [3.8, 4) is 0 Å². The van der Waals surface area contributed by atoms with E-state index in [1.807, 2.05) is 39.8 Å². The van der Waals surface area contributed by atoms with Crippen LogP contribution in [0.3, 0.4) is 0 Å². The van der Waals surface area contributed by atoms with Crippen LogP contribution in [0.5, 0.6) is 0 Å². The van der Waals surface area contributed by atoms with E-state index in [2.05, 4.69) is 25.2 Å². The predicted octanol–water partition coefficient (Wildman–Crippen LogP) is 2.39. The molecule has 0 spiro atoms. The lowest BCUT2D eigenvalue weighted by atomic mass is 10.4. The monoisotopic (exact) mass is 342 g/mol. The highest BCUT2D eigenvalue weighted by Crippen LogP contribution is 2.13. The number of rotatable bonds is 10. The molecule has 0 aromatic heterocycles. The summed E-state index contributed by atoms with van der Waals surface area (Å²) >= 11 is 0. The molecular formula is C16H30O4Si2. The number of hydrogen-bond donors (Lipinski definition) is 0. The average Bonchev–Trinajstić information content (AvgIpc) is 2.48. The summed E-state index contributed by atoms with van der Waals surface area (Å²) in [7, 11) is -4.93. The molecule has 0 aliphatic carbocycles. The molecule has 6 heteroatoms. The van der Waals surface area contributed by atoms with Gasteiger partial charge in [0.25, 0.3) is 0 Å². The zero-order valence-corrected chi connectivity index (χ0v) is 16.8. The average molecular weight is 343 g/mol. The lowest BCUT2D eigenvalue weighted by molar-refractivity contribution is 0.198. The molecule has 0 aliphatic rings. The Morgan fingerprint density at radius 2 is 0.909 bits per heavy atom. The van der Waals surface area contributed by atoms with Gasteiger partial charge in [-0.15, -0.1) is 0 Å². The van der Waals surface area contributed by atoms with Gasteiger partial charge in [0.15, 0.2) is 0 Å². The van der Waals surface area contributed by atoms with Crippen molar-refractivity contribution in [1.82, 2.24) is 0 Å². The molecule has 0 amide bonds. The molecule has 0 radical (unpaired) electrons. The zero-order chi connectivity index (χ0) is 16.6. The topological polar surface area (TPSA) is 36.9 Å². The molecule has 0 atom stereocenters. The maximum absolute atomic E-state index is 6.08. The number of benzene rings is 1. The minimum atomic E-state index is -2.46. The SMILES string of the molecule is CCO[Si](C)(OCC)c1ccccc1[Si](C)(OCC)OCC. The Morgan fingerprint density at radius 3 is 1.14 bits per heavy atom. The molecule has 0 saturated carbocycles. The minimum absolute atomic E-state index is 0.637. The second kappa shape index (κ2) is 8.95. The molecule has 0 fully saturated rings. The standard InChI is InChI=1S/C16H30O4Si2/c1-7-17-21(5,18-8-2)15-13-11-12-14-16(15)22(6,19-9-3)20-10-4/h11-14H,7-10H2,1-6H3. The molecule has 0 heterocycles. The Bertz CT molecular complexity index is 401. The minimum Gasteiger partial charge on any atom is -0.391 e. The van der Waals surface area contributed by atoms with Gasteiger partial charge in [-0.1, -0.05) is 24.3 Å². The summed E-state index contributed by atoms with van der Waals surface area (Å²) in [5.74, 6) is 0. The van der Waals surface area contributed by atoms with Gasteiger partial charge in [-0.3, -0.25) is 0 Å². The summed E-state index contributed by atoms with van der Waals surface area (Å²) in [5.41, 5.74) is 0. The predicted molar refractivity (Wildman–Crippen MR) is 95.5 cm³/mol. The van der Waals surface area contributed by atoms with Crippen molar-refractivity contribution < 1.29 is 17.7 Å². The fraction of sp³-hybridized carbons (Fsp3) is 0.625. The fourth-order valence-corrected chi connectivity index (χ4v) is 9.07. The highest BCUT2D eigenvalue weighted by Gasteiger charge is 2.43. The van der Waals surface area contributed by atoms with Crippen LogP contribution < -0.4 is 10.4 Å². The van der Waals surface area contributed by atoms with Crippen LogP contribution in [0.4, 0.5) is 0 Å². The second-order valence-corrected chi connectivity index (χ2v) is 11.2. The van der Waals surface area contributed by atoms with Crippen LogP contribution in [0.1, 0.15) is 27.7 Å². The molecule has 126 valence electrons. The van der Waals surface area contributed by atoms with Crippen molar-refractivity contribution in [2.75, 3.05) is 26.4 Å². The summed E-state index contributed by atoms with van der Waals surface area (Å²) in [6, 6.07) is 8.29. The lowest BCUT2D eigenvalue weighted by Gasteiger charge is -2.33. The number of hydrogen-bond acceptors (Lipinski definition) is 4. The molecule has 1 aromatic rings. The van der Waals surface area contributed by atoms with Crippen LogP contribution in [-0.4, -0.2) is 43.5 Å². The lowest BCUT2D eigenvalue weighted by Crippen LogP contribution is -2.65. The van der Waals surface area contributed by atoms with Crippen LogP contribution in [0.15, 0.2) is 24.3 Å². The van der Waals surface area contributed by atoms with Crippen LogP contribution in [0.25, 0.3) is 0 Å². The zero-order valence-electron chi connectivity index (χ0n) is 14.8. The van der Waals surface area contributed by atoms with Gasteiger partial charge in [0.1, 0.15) is 0 Å². The van der Waals surface area contributed by atoms with Gasteiger partial charge in [0, 0.05) is 26.4 Å². The quantitative estimate of drug-likeness (QED) is 0.612. The molecule has 1 aromatic carbocycles. The molecular weight excluding hydrogens is 312 g/mol. The first-order valence-corrected chi connectivity index (χ1v) is 12.8. The molecule has 1 rings (SSSR count). The molecule has 0 bridgehead atoms. The fourth-order valence-electron chi connectivity index (χ4n) is 2.77. The van der Waals surface area contributed by atoms with Gasteiger partial charge < -0.3 is 17.7 Å². The van der Waals surface area contributed by atoms with E-state index < -0.39 is 17.1 Å². The van der Waals surface area contributed by atoms with Gasteiger partial charge in [-0.05, 0) is 51.2 Å². The Kier molecular flexibility index (Phi) is 7.95.